The van der Waals surface area contributed by atoms with E-state index in [0.717, 1.165) is 29.5 Å². The number of hydrogen-bond donors (Lipinski definition) is 1. The fraction of sp³-hybridized carbons (Fsp3) is 0.407. The van der Waals surface area contributed by atoms with Crippen LogP contribution in [-0.4, -0.2) is 71.7 Å². The van der Waals surface area contributed by atoms with Crippen molar-refractivity contribution in [3.63, 3.8) is 0 Å². The molecule has 2 amide bonds. The van der Waals surface area contributed by atoms with Gasteiger partial charge in [0, 0.05) is 31.6 Å². The summed E-state index contributed by atoms with van der Waals surface area (Å²) in [7, 11) is 0. The van der Waals surface area contributed by atoms with Crippen molar-refractivity contribution in [1.29, 1.82) is 0 Å². The van der Waals surface area contributed by atoms with Crippen LogP contribution >= 0.6 is 0 Å². The van der Waals surface area contributed by atoms with Gasteiger partial charge in [-0.2, -0.15) is 0 Å². The third kappa shape index (κ3) is 4.33. The van der Waals surface area contributed by atoms with Crippen LogP contribution in [0.5, 0.6) is 0 Å². The fourth-order valence-corrected chi connectivity index (χ4v) is 5.46. The minimum Gasteiger partial charge on any atom is -0.394 e. The Morgan fingerprint density at radius 3 is 2.33 bits per heavy atom. The number of fused-ring (bicyclic) bond motifs is 1. The molecule has 0 spiro atoms. The zero-order chi connectivity index (χ0) is 22.8. The lowest BCUT2D eigenvalue weighted by Crippen LogP contribution is -2.73. The first-order valence-corrected chi connectivity index (χ1v) is 11.8. The second-order valence-electron chi connectivity index (χ2n) is 9.16. The standard InChI is InChI=1S/C27H30N2O4/c30-18-24-26(21-10-8-20(9-11-21)7-6-19-4-2-1-3-5-19)23-16-28(17-25(31)29(23)24)27(32)22-12-14-33-15-13-22/h1-11,22-24,26,30H,12-18H2/t23-,24+,26-/m1/s1. The molecule has 2 aromatic rings. The fourth-order valence-electron chi connectivity index (χ4n) is 5.46. The number of ether oxygens (including phenoxy) is 1. The average molecular weight is 447 g/mol. The van der Waals surface area contributed by atoms with Crippen LogP contribution in [0, 0.1) is 5.92 Å². The van der Waals surface area contributed by atoms with Crippen LogP contribution in [0.1, 0.15) is 35.4 Å². The zero-order valence-corrected chi connectivity index (χ0v) is 18.7. The predicted molar refractivity (Wildman–Crippen MR) is 126 cm³/mol. The van der Waals surface area contributed by atoms with Gasteiger partial charge in [-0.25, -0.2) is 0 Å². The maximum Gasteiger partial charge on any atom is 0.242 e. The van der Waals surface area contributed by atoms with E-state index in [2.05, 4.69) is 48.6 Å². The average Bonchev–Trinajstić information content (AvgIpc) is 2.85. The molecular formula is C27H30N2O4. The summed E-state index contributed by atoms with van der Waals surface area (Å²) in [4.78, 5) is 29.4. The molecule has 0 bridgehead atoms. The van der Waals surface area contributed by atoms with Crippen molar-refractivity contribution < 1.29 is 19.4 Å². The van der Waals surface area contributed by atoms with Gasteiger partial charge in [-0.05, 0) is 29.5 Å². The lowest BCUT2D eigenvalue weighted by atomic mass is 9.73. The van der Waals surface area contributed by atoms with Crippen molar-refractivity contribution in [3.8, 4) is 0 Å². The summed E-state index contributed by atoms with van der Waals surface area (Å²) in [5.41, 5.74) is 3.34. The van der Waals surface area contributed by atoms with Crippen LogP contribution in [0.3, 0.4) is 0 Å². The molecule has 172 valence electrons. The van der Waals surface area contributed by atoms with E-state index in [1.54, 1.807) is 9.80 Å². The van der Waals surface area contributed by atoms with Crippen molar-refractivity contribution in [1.82, 2.24) is 9.80 Å². The van der Waals surface area contributed by atoms with Crippen LogP contribution < -0.4 is 0 Å². The van der Waals surface area contributed by atoms with E-state index in [0.29, 0.717) is 19.8 Å². The van der Waals surface area contributed by atoms with Crippen LogP contribution in [0.15, 0.2) is 54.6 Å². The smallest absolute Gasteiger partial charge is 0.242 e. The van der Waals surface area contributed by atoms with Crippen molar-refractivity contribution in [2.24, 2.45) is 5.92 Å². The number of piperazine rings is 1. The highest BCUT2D eigenvalue weighted by molar-refractivity contribution is 5.88. The first-order chi connectivity index (χ1) is 16.2. The molecule has 3 fully saturated rings. The van der Waals surface area contributed by atoms with Gasteiger partial charge in [0.05, 0.1) is 25.2 Å². The maximum atomic E-state index is 13.0. The first kappa shape index (κ1) is 21.9. The number of amides is 2. The third-order valence-electron chi connectivity index (χ3n) is 7.22. The number of aliphatic hydroxyl groups is 1. The van der Waals surface area contributed by atoms with Crippen LogP contribution in [0.4, 0.5) is 0 Å². The van der Waals surface area contributed by atoms with Gasteiger partial charge >= 0.3 is 0 Å². The van der Waals surface area contributed by atoms with E-state index in [9.17, 15) is 14.7 Å². The van der Waals surface area contributed by atoms with Crippen LogP contribution in [-0.2, 0) is 14.3 Å². The number of hydrogen-bond acceptors (Lipinski definition) is 4. The Bertz CT molecular complexity index is 1010. The monoisotopic (exact) mass is 446 g/mol. The van der Waals surface area contributed by atoms with E-state index in [1.165, 1.54) is 0 Å². The maximum absolute atomic E-state index is 13.0. The van der Waals surface area contributed by atoms with Gasteiger partial charge in [0.25, 0.3) is 0 Å². The molecule has 6 nitrogen and oxygen atoms in total. The van der Waals surface area contributed by atoms with Gasteiger partial charge in [-0.15, -0.1) is 0 Å². The summed E-state index contributed by atoms with van der Waals surface area (Å²) in [5.74, 6) is -0.0272. The summed E-state index contributed by atoms with van der Waals surface area (Å²) >= 11 is 0. The Balaban J connectivity index is 1.30. The predicted octanol–water partition coefficient (Wildman–Crippen LogP) is 2.78. The van der Waals surface area contributed by atoms with E-state index in [4.69, 9.17) is 4.74 Å². The van der Waals surface area contributed by atoms with E-state index >= 15 is 0 Å². The Morgan fingerprint density at radius 1 is 1.00 bits per heavy atom. The number of nitrogens with zero attached hydrogens (tertiary/aromatic N) is 2. The molecule has 0 aliphatic carbocycles. The van der Waals surface area contributed by atoms with Gasteiger partial charge in [0.15, 0.2) is 0 Å². The summed E-state index contributed by atoms with van der Waals surface area (Å²) in [5, 5.41) is 10.0. The normalized spacial score (nSPS) is 25.7. The van der Waals surface area contributed by atoms with Gasteiger partial charge in [-0.1, -0.05) is 66.7 Å². The minimum absolute atomic E-state index is 0.0244. The van der Waals surface area contributed by atoms with Gasteiger partial charge in [-0.3, -0.25) is 9.59 Å². The summed E-state index contributed by atoms with van der Waals surface area (Å²) in [6.45, 7) is 1.77. The topological polar surface area (TPSA) is 70.1 Å². The lowest BCUT2D eigenvalue weighted by Gasteiger charge is -2.59. The van der Waals surface area contributed by atoms with Gasteiger partial charge in [0.1, 0.15) is 0 Å². The molecule has 3 aliphatic heterocycles. The highest BCUT2D eigenvalue weighted by Gasteiger charge is 2.54. The molecule has 3 aliphatic rings. The van der Waals surface area contributed by atoms with Crippen LogP contribution in [0.2, 0.25) is 0 Å². The van der Waals surface area contributed by atoms with Crippen molar-refractivity contribution in [2.45, 2.75) is 30.8 Å². The highest BCUT2D eigenvalue weighted by atomic mass is 16.5. The molecule has 3 saturated heterocycles. The molecule has 6 heteroatoms. The molecule has 5 rings (SSSR count). The molecule has 3 atom stereocenters. The van der Waals surface area contributed by atoms with Crippen molar-refractivity contribution >= 4 is 24.0 Å². The second kappa shape index (κ2) is 9.49. The molecule has 33 heavy (non-hydrogen) atoms. The second-order valence-corrected chi connectivity index (χ2v) is 9.16. The number of carbonyl (C=O) groups is 2. The molecule has 0 unspecified atom stereocenters. The zero-order valence-electron chi connectivity index (χ0n) is 18.7. The Kier molecular flexibility index (Phi) is 6.29. The van der Waals surface area contributed by atoms with E-state index in [-0.39, 0.29) is 48.9 Å². The highest BCUT2D eigenvalue weighted by Crippen LogP contribution is 2.43. The van der Waals surface area contributed by atoms with Crippen molar-refractivity contribution in [2.75, 3.05) is 32.9 Å². The Hall–Kier alpha value is -2.96. The quantitative estimate of drug-likeness (QED) is 0.717. The minimum atomic E-state index is -0.228. The number of aliphatic hydroxyl groups excluding tert-OH is 1. The molecule has 2 aromatic carbocycles. The molecule has 0 radical (unpaired) electrons. The first-order valence-electron chi connectivity index (χ1n) is 11.8. The van der Waals surface area contributed by atoms with Gasteiger partial charge < -0.3 is 19.6 Å². The summed E-state index contributed by atoms with van der Waals surface area (Å²) < 4.78 is 5.38. The van der Waals surface area contributed by atoms with E-state index in [1.807, 2.05) is 18.2 Å². The van der Waals surface area contributed by atoms with Crippen LogP contribution in [0.25, 0.3) is 12.2 Å². The third-order valence-corrected chi connectivity index (χ3v) is 7.22. The molecule has 1 N–H and O–H groups in total. The van der Waals surface area contributed by atoms with Gasteiger partial charge in [0.2, 0.25) is 11.8 Å². The number of carbonyl (C=O) groups excluding carboxylic acids is 2. The largest absolute Gasteiger partial charge is 0.394 e. The summed E-state index contributed by atoms with van der Waals surface area (Å²) in [6, 6.07) is 18.1. The molecule has 3 heterocycles. The molecule has 0 saturated carbocycles. The number of rotatable bonds is 5. The van der Waals surface area contributed by atoms with Crippen molar-refractivity contribution in [3.05, 3.63) is 71.3 Å². The summed E-state index contributed by atoms with van der Waals surface area (Å²) in [6.07, 6.45) is 5.60. The Morgan fingerprint density at radius 2 is 1.67 bits per heavy atom. The molecule has 0 aromatic heterocycles. The lowest BCUT2D eigenvalue weighted by molar-refractivity contribution is -0.169. The Labute approximate surface area is 194 Å². The number of benzene rings is 2. The SMILES string of the molecule is O=C(C1CCOCC1)N1CC(=O)N2[C@H](C1)[C@@H](c1ccc(C=Cc3ccccc3)cc1)[C@@H]2CO. The molecular weight excluding hydrogens is 416 g/mol. The van der Waals surface area contributed by atoms with E-state index < -0.39 is 0 Å².